The molecule has 0 saturated heterocycles. The maximum atomic E-state index is 13.3. The lowest BCUT2D eigenvalue weighted by atomic mass is 10.0. The molecule has 3 heterocycles. The molecule has 146 valence electrons. The predicted molar refractivity (Wildman–Crippen MR) is 100 cm³/mol. The first kappa shape index (κ1) is 18.3. The van der Waals surface area contributed by atoms with E-state index in [0.717, 1.165) is 31.3 Å². The Bertz CT molecular complexity index is 898. The Balaban J connectivity index is 1.41. The highest BCUT2D eigenvalue weighted by Crippen LogP contribution is 2.15. The van der Waals surface area contributed by atoms with Crippen molar-refractivity contribution in [2.75, 3.05) is 13.1 Å². The zero-order valence-corrected chi connectivity index (χ0v) is 15.5. The average molecular weight is 383 g/mol. The Morgan fingerprint density at radius 1 is 1.21 bits per heavy atom. The predicted octanol–water partition coefficient (Wildman–Crippen LogP) is 1.95. The average Bonchev–Trinajstić information content (AvgIpc) is 3.02. The zero-order valence-electron chi connectivity index (χ0n) is 15.5. The Morgan fingerprint density at radius 3 is 2.89 bits per heavy atom. The summed E-state index contributed by atoms with van der Waals surface area (Å²) in [6.07, 6.45) is 11.9. The number of amides is 2. The summed E-state index contributed by atoms with van der Waals surface area (Å²) in [4.78, 5) is 35.0. The fourth-order valence-electron chi connectivity index (χ4n) is 3.62. The van der Waals surface area contributed by atoms with Crippen molar-refractivity contribution in [2.45, 2.75) is 38.3 Å². The largest absolute Gasteiger partial charge is 0.344 e. The summed E-state index contributed by atoms with van der Waals surface area (Å²) < 4.78 is 15.3. The van der Waals surface area contributed by atoms with Gasteiger partial charge in [-0.1, -0.05) is 12.2 Å². The Kier molecular flexibility index (Phi) is 5.18. The van der Waals surface area contributed by atoms with Gasteiger partial charge in [-0.3, -0.25) is 14.6 Å². The summed E-state index contributed by atoms with van der Waals surface area (Å²) in [5.74, 6) is -0.176. The number of aromatic nitrogens is 3. The number of halogens is 1. The maximum absolute atomic E-state index is 13.3. The van der Waals surface area contributed by atoms with Crippen molar-refractivity contribution in [1.29, 1.82) is 0 Å². The van der Waals surface area contributed by atoms with Gasteiger partial charge in [0.05, 0.1) is 11.8 Å². The molecule has 0 bridgehead atoms. The third kappa shape index (κ3) is 3.95. The molecule has 0 fully saturated rings. The summed E-state index contributed by atoms with van der Waals surface area (Å²) >= 11 is 0. The number of rotatable bonds is 3. The number of hydrogen-bond donors (Lipinski definition) is 1. The van der Waals surface area contributed by atoms with Crippen LogP contribution in [0.2, 0.25) is 0 Å². The van der Waals surface area contributed by atoms with Crippen molar-refractivity contribution in [2.24, 2.45) is 0 Å². The number of allylic oxidation sites excluding steroid dienone is 1. The maximum Gasteiger partial charge on any atom is 0.271 e. The van der Waals surface area contributed by atoms with E-state index < -0.39 is 5.82 Å². The molecule has 0 aromatic carbocycles. The minimum atomic E-state index is -0.530. The molecule has 0 spiro atoms. The summed E-state index contributed by atoms with van der Waals surface area (Å²) in [6.45, 7) is 1.46. The van der Waals surface area contributed by atoms with Gasteiger partial charge in [0.15, 0.2) is 0 Å². The van der Waals surface area contributed by atoms with Gasteiger partial charge in [0.25, 0.3) is 11.8 Å². The van der Waals surface area contributed by atoms with E-state index in [2.05, 4.69) is 21.4 Å². The van der Waals surface area contributed by atoms with Crippen LogP contribution in [0.3, 0.4) is 0 Å². The molecule has 28 heavy (non-hydrogen) atoms. The molecule has 2 aromatic rings. The van der Waals surface area contributed by atoms with Crippen LogP contribution in [-0.4, -0.2) is 50.4 Å². The summed E-state index contributed by atoms with van der Waals surface area (Å²) in [7, 11) is 0. The van der Waals surface area contributed by atoms with Crippen LogP contribution >= 0.6 is 0 Å². The van der Waals surface area contributed by atoms with E-state index in [1.54, 1.807) is 11.1 Å². The molecule has 1 atom stereocenters. The van der Waals surface area contributed by atoms with Crippen LogP contribution in [0.25, 0.3) is 0 Å². The second-order valence-corrected chi connectivity index (χ2v) is 7.11. The molecule has 1 aliphatic carbocycles. The third-order valence-corrected chi connectivity index (χ3v) is 5.12. The molecule has 2 aliphatic rings. The molecular weight excluding hydrogens is 361 g/mol. The highest BCUT2D eigenvalue weighted by Gasteiger charge is 2.23. The van der Waals surface area contributed by atoms with Gasteiger partial charge < -0.3 is 14.8 Å². The number of nitrogens with zero attached hydrogens (tertiary/aromatic N) is 4. The molecule has 7 nitrogen and oxygen atoms in total. The first-order valence-electron chi connectivity index (χ1n) is 9.53. The Morgan fingerprint density at radius 2 is 2.11 bits per heavy atom. The fourth-order valence-corrected chi connectivity index (χ4v) is 3.62. The topological polar surface area (TPSA) is 80.1 Å². The lowest BCUT2D eigenvalue weighted by Crippen LogP contribution is -2.35. The standard InChI is InChI=1S/C20H22FN5O2/c21-15-10-14(11-22-12-15)20(28)25-7-6-18-24-17(13-26(18)9-8-25)19(27)23-16-4-2-1-3-5-16/h2,4,10-13,16H,1,3,5-9H2,(H,23,27). The lowest BCUT2D eigenvalue weighted by Gasteiger charge is -2.20. The fraction of sp³-hybridized carbons (Fsp3) is 0.400. The van der Waals surface area contributed by atoms with E-state index in [4.69, 9.17) is 0 Å². The van der Waals surface area contributed by atoms with Crippen molar-refractivity contribution >= 4 is 11.8 Å². The van der Waals surface area contributed by atoms with Gasteiger partial charge in [-0.15, -0.1) is 0 Å². The second kappa shape index (κ2) is 7.92. The van der Waals surface area contributed by atoms with Gasteiger partial charge in [-0.25, -0.2) is 9.37 Å². The lowest BCUT2D eigenvalue weighted by molar-refractivity contribution is 0.0757. The normalized spacial score (nSPS) is 19.0. The number of carbonyl (C=O) groups is 2. The van der Waals surface area contributed by atoms with Gasteiger partial charge in [0, 0.05) is 44.5 Å². The van der Waals surface area contributed by atoms with Crippen LogP contribution in [0.15, 0.2) is 36.8 Å². The molecule has 1 aliphatic heterocycles. The van der Waals surface area contributed by atoms with E-state index in [1.165, 1.54) is 12.3 Å². The zero-order chi connectivity index (χ0) is 19.5. The molecule has 1 unspecified atom stereocenters. The van der Waals surface area contributed by atoms with Crippen LogP contribution in [0.4, 0.5) is 4.39 Å². The monoisotopic (exact) mass is 383 g/mol. The Labute approximate surface area is 162 Å². The van der Waals surface area contributed by atoms with E-state index in [1.807, 2.05) is 10.6 Å². The van der Waals surface area contributed by atoms with Crippen molar-refractivity contribution in [3.8, 4) is 0 Å². The van der Waals surface area contributed by atoms with Gasteiger partial charge in [0.2, 0.25) is 0 Å². The number of fused-ring (bicyclic) bond motifs is 1. The second-order valence-electron chi connectivity index (χ2n) is 7.11. The molecule has 8 heteroatoms. The van der Waals surface area contributed by atoms with E-state index in [-0.39, 0.29) is 23.4 Å². The van der Waals surface area contributed by atoms with Gasteiger partial charge in [-0.2, -0.15) is 0 Å². The molecule has 1 N–H and O–H groups in total. The van der Waals surface area contributed by atoms with Crippen molar-refractivity contribution < 1.29 is 14.0 Å². The van der Waals surface area contributed by atoms with Crippen molar-refractivity contribution in [3.05, 3.63) is 59.7 Å². The van der Waals surface area contributed by atoms with Crippen LogP contribution in [-0.2, 0) is 13.0 Å². The first-order chi connectivity index (χ1) is 13.6. The summed E-state index contributed by atoms with van der Waals surface area (Å²) in [6, 6.07) is 1.26. The van der Waals surface area contributed by atoms with Crippen molar-refractivity contribution in [1.82, 2.24) is 24.8 Å². The van der Waals surface area contributed by atoms with Crippen LogP contribution in [0.1, 0.15) is 45.9 Å². The summed E-state index contributed by atoms with van der Waals surface area (Å²) in [5.41, 5.74) is 0.642. The number of imidazole rings is 1. The smallest absolute Gasteiger partial charge is 0.271 e. The van der Waals surface area contributed by atoms with E-state index in [0.29, 0.717) is 31.7 Å². The molecule has 0 radical (unpaired) electrons. The minimum Gasteiger partial charge on any atom is -0.344 e. The molecule has 4 rings (SSSR count). The van der Waals surface area contributed by atoms with E-state index in [9.17, 15) is 14.0 Å². The third-order valence-electron chi connectivity index (χ3n) is 5.12. The highest BCUT2D eigenvalue weighted by atomic mass is 19.1. The quantitative estimate of drug-likeness (QED) is 0.822. The number of hydrogen-bond acceptors (Lipinski definition) is 4. The SMILES string of the molecule is O=C(NC1C=CCCC1)c1cn2c(n1)CCN(C(=O)c1cncc(F)c1)CC2. The molecule has 0 saturated carbocycles. The van der Waals surface area contributed by atoms with Gasteiger partial charge in [-0.05, 0) is 25.3 Å². The van der Waals surface area contributed by atoms with Gasteiger partial charge in [0.1, 0.15) is 17.3 Å². The van der Waals surface area contributed by atoms with Crippen LogP contribution in [0, 0.1) is 5.82 Å². The highest BCUT2D eigenvalue weighted by molar-refractivity contribution is 5.94. The number of pyridine rings is 1. The van der Waals surface area contributed by atoms with Crippen LogP contribution in [0.5, 0.6) is 0 Å². The molecule has 2 aromatic heterocycles. The van der Waals surface area contributed by atoms with Crippen molar-refractivity contribution in [3.63, 3.8) is 0 Å². The summed E-state index contributed by atoms with van der Waals surface area (Å²) in [5, 5.41) is 3.01. The Hall–Kier alpha value is -3.03. The van der Waals surface area contributed by atoms with Crippen LogP contribution < -0.4 is 5.32 Å². The molecule has 2 amide bonds. The number of carbonyl (C=O) groups excluding carboxylic acids is 2. The van der Waals surface area contributed by atoms with Gasteiger partial charge >= 0.3 is 0 Å². The number of nitrogens with one attached hydrogen (secondary N) is 1. The molecular formula is C20H22FN5O2. The first-order valence-corrected chi connectivity index (χ1v) is 9.53. The minimum absolute atomic E-state index is 0.0655. The van der Waals surface area contributed by atoms with E-state index >= 15 is 0 Å².